The topological polar surface area (TPSA) is 15.3 Å². The molecule has 0 amide bonds. The van der Waals surface area contributed by atoms with Crippen LogP contribution in [0.25, 0.3) is 0 Å². The zero-order chi connectivity index (χ0) is 13.9. The van der Waals surface area contributed by atoms with E-state index in [4.69, 9.17) is 0 Å². The predicted octanol–water partition coefficient (Wildman–Crippen LogP) is 2.97. The van der Waals surface area contributed by atoms with Crippen molar-refractivity contribution >= 4 is 0 Å². The molecule has 2 aliphatic rings. The first-order valence-corrected chi connectivity index (χ1v) is 7.97. The maximum absolute atomic E-state index is 13.7. The molecule has 3 atom stereocenters. The monoisotopic (exact) mass is 276 g/mol. The van der Waals surface area contributed by atoms with E-state index >= 15 is 0 Å². The molecular formula is C17H25FN2. The predicted molar refractivity (Wildman–Crippen MR) is 80.3 cm³/mol. The summed E-state index contributed by atoms with van der Waals surface area (Å²) in [5, 5.41) is 3.75. The Balaban J connectivity index is 1.56. The Bertz CT molecular complexity index is 448. The van der Waals surface area contributed by atoms with Gasteiger partial charge in [0.2, 0.25) is 0 Å². The third-order valence-electron chi connectivity index (χ3n) is 4.84. The minimum atomic E-state index is -0.0770. The highest BCUT2D eigenvalue weighted by atomic mass is 19.1. The summed E-state index contributed by atoms with van der Waals surface area (Å²) in [5.41, 5.74) is 0.825. The van der Waals surface area contributed by atoms with E-state index in [0.29, 0.717) is 18.1 Å². The minimum Gasteiger partial charge on any atom is -0.310 e. The van der Waals surface area contributed by atoms with Crippen LogP contribution < -0.4 is 5.32 Å². The van der Waals surface area contributed by atoms with E-state index in [2.05, 4.69) is 17.1 Å². The van der Waals surface area contributed by atoms with E-state index in [1.165, 1.54) is 38.8 Å². The normalized spacial score (nSPS) is 28.3. The van der Waals surface area contributed by atoms with Crippen molar-refractivity contribution in [2.75, 3.05) is 13.1 Å². The van der Waals surface area contributed by atoms with Crippen LogP contribution in [0, 0.1) is 5.82 Å². The Labute approximate surface area is 121 Å². The maximum Gasteiger partial charge on any atom is 0.126 e. The number of halogens is 1. The van der Waals surface area contributed by atoms with E-state index in [1.54, 1.807) is 12.1 Å². The van der Waals surface area contributed by atoms with Crippen molar-refractivity contribution in [2.24, 2.45) is 0 Å². The van der Waals surface area contributed by atoms with E-state index in [-0.39, 0.29) is 5.82 Å². The van der Waals surface area contributed by atoms with Crippen LogP contribution in [0.4, 0.5) is 4.39 Å². The molecule has 3 heteroatoms. The third-order valence-corrected chi connectivity index (χ3v) is 4.84. The first-order chi connectivity index (χ1) is 9.74. The van der Waals surface area contributed by atoms with Gasteiger partial charge in [0, 0.05) is 24.7 Å². The molecule has 0 aromatic heterocycles. The summed E-state index contributed by atoms with van der Waals surface area (Å²) in [7, 11) is 0. The largest absolute Gasteiger partial charge is 0.310 e. The van der Waals surface area contributed by atoms with Crippen molar-refractivity contribution in [1.82, 2.24) is 10.2 Å². The summed E-state index contributed by atoms with van der Waals surface area (Å²) in [6.07, 6.45) is 6.06. The van der Waals surface area contributed by atoms with Crippen molar-refractivity contribution in [2.45, 2.75) is 57.2 Å². The standard InChI is InChI=1S/C17H25FN2/c1-13(12-14-6-2-3-7-15(14)18)19-16-9-11-20-10-5-4-8-17(16)20/h2-3,6-7,13,16-17,19H,4-5,8-12H2,1H3. The van der Waals surface area contributed by atoms with Crippen molar-refractivity contribution in [3.05, 3.63) is 35.6 Å². The highest BCUT2D eigenvalue weighted by Gasteiger charge is 2.35. The molecule has 20 heavy (non-hydrogen) atoms. The number of fused-ring (bicyclic) bond motifs is 1. The van der Waals surface area contributed by atoms with Gasteiger partial charge < -0.3 is 5.32 Å². The first-order valence-electron chi connectivity index (χ1n) is 7.97. The zero-order valence-corrected chi connectivity index (χ0v) is 12.3. The summed E-state index contributed by atoms with van der Waals surface area (Å²) in [6, 6.07) is 8.77. The van der Waals surface area contributed by atoms with E-state index in [9.17, 15) is 4.39 Å². The van der Waals surface area contributed by atoms with Crippen LogP contribution in [0.3, 0.4) is 0 Å². The average Bonchev–Trinajstić information content (AvgIpc) is 2.85. The molecule has 2 nitrogen and oxygen atoms in total. The molecule has 2 aliphatic heterocycles. The summed E-state index contributed by atoms with van der Waals surface area (Å²) >= 11 is 0. The molecule has 3 unspecified atom stereocenters. The number of piperidine rings is 1. The Hall–Kier alpha value is -0.930. The van der Waals surface area contributed by atoms with Crippen molar-refractivity contribution in [3.8, 4) is 0 Å². The fraction of sp³-hybridized carbons (Fsp3) is 0.647. The average molecular weight is 276 g/mol. The first kappa shape index (κ1) is 14.0. The van der Waals surface area contributed by atoms with Gasteiger partial charge in [0.1, 0.15) is 5.82 Å². The van der Waals surface area contributed by atoms with Gasteiger partial charge in [-0.1, -0.05) is 24.6 Å². The molecule has 2 fully saturated rings. The van der Waals surface area contributed by atoms with Crippen LogP contribution in [0.2, 0.25) is 0 Å². The fourth-order valence-electron chi connectivity index (χ4n) is 3.86. The van der Waals surface area contributed by atoms with Gasteiger partial charge in [0.15, 0.2) is 0 Å². The van der Waals surface area contributed by atoms with Gasteiger partial charge in [-0.15, -0.1) is 0 Å². The van der Waals surface area contributed by atoms with Gasteiger partial charge in [-0.25, -0.2) is 4.39 Å². The summed E-state index contributed by atoms with van der Waals surface area (Å²) < 4.78 is 13.7. The number of benzene rings is 1. The van der Waals surface area contributed by atoms with Crippen molar-refractivity contribution < 1.29 is 4.39 Å². The molecule has 110 valence electrons. The van der Waals surface area contributed by atoms with Gasteiger partial charge in [-0.2, -0.15) is 0 Å². The van der Waals surface area contributed by atoms with E-state index < -0.39 is 0 Å². The fourth-order valence-corrected chi connectivity index (χ4v) is 3.86. The maximum atomic E-state index is 13.7. The lowest BCUT2D eigenvalue weighted by Gasteiger charge is -2.33. The molecule has 0 radical (unpaired) electrons. The molecule has 1 N–H and O–H groups in total. The van der Waals surface area contributed by atoms with Crippen LogP contribution in [-0.4, -0.2) is 36.1 Å². The molecular weight excluding hydrogens is 251 g/mol. The quantitative estimate of drug-likeness (QED) is 0.909. The van der Waals surface area contributed by atoms with Crippen molar-refractivity contribution in [1.29, 1.82) is 0 Å². The van der Waals surface area contributed by atoms with Gasteiger partial charge in [-0.3, -0.25) is 4.90 Å². The molecule has 1 aromatic rings. The lowest BCUT2D eigenvalue weighted by Crippen LogP contribution is -2.48. The molecule has 1 aromatic carbocycles. The Morgan fingerprint density at radius 1 is 1.25 bits per heavy atom. The Kier molecular flexibility index (Phi) is 4.37. The third kappa shape index (κ3) is 3.04. The number of nitrogens with one attached hydrogen (secondary N) is 1. The Morgan fingerprint density at radius 3 is 2.95 bits per heavy atom. The highest BCUT2D eigenvalue weighted by Crippen LogP contribution is 2.27. The van der Waals surface area contributed by atoms with Crippen LogP contribution >= 0.6 is 0 Å². The van der Waals surface area contributed by atoms with Gasteiger partial charge in [0.05, 0.1) is 0 Å². The molecule has 0 saturated carbocycles. The van der Waals surface area contributed by atoms with Gasteiger partial charge in [-0.05, 0) is 50.8 Å². The van der Waals surface area contributed by atoms with E-state index in [1.807, 2.05) is 12.1 Å². The molecule has 0 aliphatic carbocycles. The van der Waals surface area contributed by atoms with Crippen LogP contribution in [0.5, 0.6) is 0 Å². The summed E-state index contributed by atoms with van der Waals surface area (Å²) in [5.74, 6) is -0.0770. The zero-order valence-electron chi connectivity index (χ0n) is 12.3. The SMILES string of the molecule is CC(Cc1ccccc1F)NC1CCN2CCCCC12. The number of rotatable bonds is 4. The lowest BCUT2D eigenvalue weighted by atomic mass is 9.97. The van der Waals surface area contributed by atoms with Crippen LogP contribution in [-0.2, 0) is 6.42 Å². The van der Waals surface area contributed by atoms with E-state index in [0.717, 1.165) is 12.0 Å². The second kappa shape index (κ2) is 6.23. The van der Waals surface area contributed by atoms with Gasteiger partial charge in [0.25, 0.3) is 0 Å². The number of nitrogens with zero attached hydrogens (tertiary/aromatic N) is 1. The smallest absolute Gasteiger partial charge is 0.126 e. The summed E-state index contributed by atoms with van der Waals surface area (Å²) in [6.45, 7) is 4.68. The summed E-state index contributed by atoms with van der Waals surface area (Å²) in [4.78, 5) is 2.64. The molecule has 0 bridgehead atoms. The molecule has 2 saturated heterocycles. The van der Waals surface area contributed by atoms with Crippen LogP contribution in [0.1, 0.15) is 38.2 Å². The second-order valence-electron chi connectivity index (χ2n) is 6.36. The Morgan fingerprint density at radius 2 is 2.10 bits per heavy atom. The number of hydrogen-bond donors (Lipinski definition) is 1. The van der Waals surface area contributed by atoms with Crippen LogP contribution in [0.15, 0.2) is 24.3 Å². The minimum absolute atomic E-state index is 0.0770. The molecule has 3 rings (SSSR count). The highest BCUT2D eigenvalue weighted by molar-refractivity contribution is 5.18. The van der Waals surface area contributed by atoms with Crippen molar-refractivity contribution in [3.63, 3.8) is 0 Å². The second-order valence-corrected chi connectivity index (χ2v) is 6.36. The number of hydrogen-bond acceptors (Lipinski definition) is 2. The lowest BCUT2D eigenvalue weighted by molar-refractivity contribution is 0.177. The van der Waals surface area contributed by atoms with Gasteiger partial charge >= 0.3 is 0 Å². The molecule has 2 heterocycles. The molecule has 0 spiro atoms.